The monoisotopic (exact) mass is 411 g/mol. The first-order valence-corrected chi connectivity index (χ1v) is 9.46. The molecule has 1 heterocycles. The van der Waals surface area contributed by atoms with E-state index in [1.807, 2.05) is 6.92 Å². The van der Waals surface area contributed by atoms with Gasteiger partial charge < -0.3 is 15.4 Å². The van der Waals surface area contributed by atoms with E-state index in [9.17, 15) is 9.59 Å². The highest BCUT2D eigenvalue weighted by molar-refractivity contribution is 9.10. The Kier molecular flexibility index (Phi) is 7.71. The molecule has 2 amide bonds. The van der Waals surface area contributed by atoms with Crippen LogP contribution >= 0.6 is 15.9 Å². The van der Waals surface area contributed by atoms with Crippen LogP contribution in [0.15, 0.2) is 22.7 Å². The van der Waals surface area contributed by atoms with Crippen molar-refractivity contribution < 1.29 is 14.3 Å². The number of nitrogens with one attached hydrogen (secondary N) is 2. The SMILES string of the molecule is CCCNC(=O)CN1CCC(NC(=O)c2ccc(OC)c(Br)c2)CC1. The molecule has 2 rings (SSSR count). The molecule has 0 aliphatic carbocycles. The van der Waals surface area contributed by atoms with Crippen LogP contribution in [0.1, 0.15) is 36.5 Å². The summed E-state index contributed by atoms with van der Waals surface area (Å²) >= 11 is 3.40. The normalized spacial score (nSPS) is 15.6. The standard InChI is InChI=1S/C18H26BrN3O3/c1-3-8-20-17(23)12-22-9-6-14(7-10-22)21-18(24)13-4-5-16(25-2)15(19)11-13/h4-5,11,14H,3,6-10,12H2,1-2H3,(H,20,23)(H,21,24). The summed E-state index contributed by atoms with van der Waals surface area (Å²) in [6.07, 6.45) is 2.65. The number of ether oxygens (including phenoxy) is 1. The van der Waals surface area contributed by atoms with Gasteiger partial charge in [0.2, 0.25) is 5.91 Å². The van der Waals surface area contributed by atoms with Crippen LogP contribution in [-0.4, -0.2) is 56.0 Å². The summed E-state index contributed by atoms with van der Waals surface area (Å²) in [5.74, 6) is 0.695. The van der Waals surface area contributed by atoms with Crippen LogP contribution in [0.5, 0.6) is 5.75 Å². The van der Waals surface area contributed by atoms with Crippen molar-refractivity contribution in [2.75, 3.05) is 33.3 Å². The zero-order chi connectivity index (χ0) is 18.2. The van der Waals surface area contributed by atoms with E-state index in [1.54, 1.807) is 25.3 Å². The Hall–Kier alpha value is -1.60. The van der Waals surface area contributed by atoms with Crippen LogP contribution in [0.4, 0.5) is 0 Å². The zero-order valence-corrected chi connectivity index (χ0v) is 16.4. The van der Waals surface area contributed by atoms with Crippen LogP contribution in [0.2, 0.25) is 0 Å². The number of amides is 2. The number of nitrogens with zero attached hydrogens (tertiary/aromatic N) is 1. The highest BCUT2D eigenvalue weighted by Gasteiger charge is 2.22. The van der Waals surface area contributed by atoms with Crippen LogP contribution < -0.4 is 15.4 Å². The summed E-state index contributed by atoms with van der Waals surface area (Å²) in [7, 11) is 1.59. The fourth-order valence-corrected chi connectivity index (χ4v) is 3.38. The third kappa shape index (κ3) is 6.01. The molecule has 2 N–H and O–H groups in total. The Morgan fingerprint density at radius 3 is 2.64 bits per heavy atom. The Morgan fingerprint density at radius 1 is 1.32 bits per heavy atom. The second-order valence-corrected chi connectivity index (χ2v) is 7.08. The highest BCUT2D eigenvalue weighted by Crippen LogP contribution is 2.25. The van der Waals surface area contributed by atoms with Gasteiger partial charge in [0, 0.05) is 31.2 Å². The maximum Gasteiger partial charge on any atom is 0.251 e. The number of hydrogen-bond acceptors (Lipinski definition) is 4. The molecule has 0 unspecified atom stereocenters. The van der Waals surface area contributed by atoms with E-state index in [0.717, 1.165) is 43.4 Å². The van der Waals surface area contributed by atoms with Crippen molar-refractivity contribution in [2.45, 2.75) is 32.2 Å². The van der Waals surface area contributed by atoms with E-state index in [0.29, 0.717) is 17.9 Å². The van der Waals surface area contributed by atoms with Gasteiger partial charge in [-0.2, -0.15) is 0 Å². The van der Waals surface area contributed by atoms with Gasteiger partial charge in [0.25, 0.3) is 5.91 Å². The number of methoxy groups -OCH3 is 1. The molecule has 1 aromatic carbocycles. The molecule has 0 saturated carbocycles. The lowest BCUT2D eigenvalue weighted by Gasteiger charge is -2.31. The molecule has 25 heavy (non-hydrogen) atoms. The lowest BCUT2D eigenvalue weighted by atomic mass is 10.0. The number of piperidine rings is 1. The topological polar surface area (TPSA) is 70.7 Å². The van der Waals surface area contributed by atoms with Gasteiger partial charge in [0.05, 0.1) is 18.1 Å². The first-order valence-electron chi connectivity index (χ1n) is 8.67. The molecule has 0 atom stereocenters. The van der Waals surface area contributed by atoms with Gasteiger partial charge in [0.15, 0.2) is 0 Å². The molecular formula is C18H26BrN3O3. The maximum atomic E-state index is 12.4. The van der Waals surface area contributed by atoms with E-state index in [2.05, 4.69) is 31.5 Å². The van der Waals surface area contributed by atoms with Gasteiger partial charge in [-0.3, -0.25) is 14.5 Å². The third-order valence-corrected chi connectivity index (χ3v) is 4.90. The fraction of sp³-hybridized carbons (Fsp3) is 0.556. The molecule has 0 bridgehead atoms. The van der Waals surface area contributed by atoms with Crippen molar-refractivity contribution in [3.8, 4) is 5.75 Å². The smallest absolute Gasteiger partial charge is 0.251 e. The summed E-state index contributed by atoms with van der Waals surface area (Å²) in [4.78, 5) is 26.3. The van der Waals surface area contributed by atoms with E-state index in [4.69, 9.17) is 4.74 Å². The highest BCUT2D eigenvalue weighted by atomic mass is 79.9. The molecular weight excluding hydrogens is 386 g/mol. The average Bonchev–Trinajstić information content (AvgIpc) is 2.61. The van der Waals surface area contributed by atoms with E-state index < -0.39 is 0 Å². The number of carbonyl (C=O) groups excluding carboxylic acids is 2. The molecule has 7 heteroatoms. The van der Waals surface area contributed by atoms with Crippen molar-refractivity contribution in [3.63, 3.8) is 0 Å². The molecule has 1 saturated heterocycles. The molecule has 0 aromatic heterocycles. The van der Waals surface area contributed by atoms with Crippen LogP contribution in [0.3, 0.4) is 0 Å². The zero-order valence-electron chi connectivity index (χ0n) is 14.8. The van der Waals surface area contributed by atoms with Crippen LogP contribution in [0.25, 0.3) is 0 Å². The molecule has 0 spiro atoms. The minimum atomic E-state index is -0.0810. The second-order valence-electron chi connectivity index (χ2n) is 6.22. The van der Waals surface area contributed by atoms with Gasteiger partial charge in [-0.15, -0.1) is 0 Å². The second kappa shape index (κ2) is 9.77. The van der Waals surface area contributed by atoms with Crippen molar-refractivity contribution in [2.24, 2.45) is 0 Å². The van der Waals surface area contributed by atoms with Crippen LogP contribution in [-0.2, 0) is 4.79 Å². The number of likely N-dealkylation sites (tertiary alicyclic amines) is 1. The summed E-state index contributed by atoms with van der Waals surface area (Å²) in [6.45, 7) is 4.83. The predicted octanol–water partition coefficient (Wildman–Crippen LogP) is 2.18. The van der Waals surface area contributed by atoms with E-state index in [1.165, 1.54) is 0 Å². The van der Waals surface area contributed by atoms with E-state index in [-0.39, 0.29) is 17.9 Å². The van der Waals surface area contributed by atoms with E-state index >= 15 is 0 Å². The summed E-state index contributed by atoms with van der Waals surface area (Å²) in [6, 6.07) is 5.44. The Morgan fingerprint density at radius 2 is 2.04 bits per heavy atom. The van der Waals surface area contributed by atoms with Gasteiger partial charge in [0.1, 0.15) is 5.75 Å². The lowest BCUT2D eigenvalue weighted by molar-refractivity contribution is -0.122. The predicted molar refractivity (Wildman–Crippen MR) is 101 cm³/mol. The van der Waals surface area contributed by atoms with Crippen LogP contribution in [0, 0.1) is 0 Å². The van der Waals surface area contributed by atoms with Crippen molar-refractivity contribution >= 4 is 27.7 Å². The number of carbonyl (C=O) groups is 2. The Labute approximate surface area is 157 Å². The van der Waals surface area contributed by atoms with Gasteiger partial charge >= 0.3 is 0 Å². The molecule has 1 fully saturated rings. The number of benzene rings is 1. The number of halogens is 1. The number of hydrogen-bond donors (Lipinski definition) is 2. The molecule has 138 valence electrons. The lowest BCUT2D eigenvalue weighted by Crippen LogP contribution is -2.47. The van der Waals surface area contributed by atoms with Gasteiger partial charge in [-0.1, -0.05) is 6.92 Å². The maximum absolute atomic E-state index is 12.4. The fourth-order valence-electron chi connectivity index (χ4n) is 2.84. The Balaban J connectivity index is 1.78. The molecule has 1 aromatic rings. The molecule has 1 aliphatic rings. The van der Waals surface area contributed by atoms with Crippen molar-refractivity contribution in [1.29, 1.82) is 0 Å². The number of rotatable bonds is 7. The third-order valence-electron chi connectivity index (χ3n) is 4.28. The first-order chi connectivity index (χ1) is 12.0. The quantitative estimate of drug-likeness (QED) is 0.721. The molecule has 6 nitrogen and oxygen atoms in total. The van der Waals surface area contributed by atoms with Gasteiger partial charge in [-0.25, -0.2) is 0 Å². The minimum Gasteiger partial charge on any atom is -0.496 e. The largest absolute Gasteiger partial charge is 0.496 e. The Bertz CT molecular complexity index is 601. The summed E-state index contributed by atoms with van der Waals surface area (Å²) in [5.41, 5.74) is 0.606. The summed E-state index contributed by atoms with van der Waals surface area (Å²) < 4.78 is 5.94. The van der Waals surface area contributed by atoms with Gasteiger partial charge in [-0.05, 0) is 53.4 Å². The average molecular weight is 412 g/mol. The minimum absolute atomic E-state index is 0.0763. The molecule has 1 aliphatic heterocycles. The first kappa shape index (κ1) is 19.7. The van der Waals surface area contributed by atoms with Crippen molar-refractivity contribution in [1.82, 2.24) is 15.5 Å². The molecule has 0 radical (unpaired) electrons. The van der Waals surface area contributed by atoms with Crippen molar-refractivity contribution in [3.05, 3.63) is 28.2 Å². The summed E-state index contributed by atoms with van der Waals surface area (Å²) in [5, 5.41) is 5.97.